The number of nitrogens with one attached hydrogen (secondary N) is 2. The van der Waals surface area contributed by atoms with Crippen LogP contribution >= 0.6 is 0 Å². The smallest absolute Gasteiger partial charge is 0.238 e. The van der Waals surface area contributed by atoms with Gasteiger partial charge in [0.25, 0.3) is 0 Å². The number of rotatable bonds is 3. The molecule has 1 aromatic carbocycles. The first-order chi connectivity index (χ1) is 8.66. The van der Waals surface area contributed by atoms with Gasteiger partial charge in [0.2, 0.25) is 5.91 Å². The molecule has 1 aliphatic rings. The first kappa shape index (κ1) is 13.0. The number of hydrogen-bond donors (Lipinski definition) is 2. The Labute approximate surface area is 106 Å². The van der Waals surface area contributed by atoms with Crippen molar-refractivity contribution in [1.82, 2.24) is 10.2 Å². The summed E-state index contributed by atoms with van der Waals surface area (Å²) < 4.78 is 13.4. The van der Waals surface area contributed by atoms with Crippen LogP contribution in [-0.4, -0.2) is 43.0 Å². The first-order valence-electron chi connectivity index (χ1n) is 6.16. The summed E-state index contributed by atoms with van der Waals surface area (Å²) in [4.78, 5) is 13.9. The molecule has 1 atom stereocenters. The normalized spacial score (nSPS) is 20.7. The predicted molar refractivity (Wildman–Crippen MR) is 68.9 cm³/mol. The topological polar surface area (TPSA) is 44.4 Å². The highest BCUT2D eigenvalue weighted by Crippen LogP contribution is 2.12. The zero-order valence-electron chi connectivity index (χ0n) is 10.4. The number of amides is 1. The van der Waals surface area contributed by atoms with E-state index in [4.69, 9.17) is 0 Å². The van der Waals surface area contributed by atoms with Crippen molar-refractivity contribution in [2.45, 2.75) is 13.0 Å². The number of carbonyl (C=O) groups is 1. The van der Waals surface area contributed by atoms with Gasteiger partial charge in [0.05, 0.1) is 12.2 Å². The quantitative estimate of drug-likeness (QED) is 0.844. The van der Waals surface area contributed by atoms with Crippen LogP contribution in [0.15, 0.2) is 24.3 Å². The van der Waals surface area contributed by atoms with E-state index >= 15 is 0 Å². The van der Waals surface area contributed by atoms with Crippen LogP contribution in [0, 0.1) is 5.82 Å². The van der Waals surface area contributed by atoms with Crippen molar-refractivity contribution in [2.75, 3.05) is 31.5 Å². The van der Waals surface area contributed by atoms with Gasteiger partial charge < -0.3 is 10.6 Å². The molecule has 0 spiro atoms. The monoisotopic (exact) mass is 251 g/mol. The Morgan fingerprint density at radius 3 is 3.06 bits per heavy atom. The van der Waals surface area contributed by atoms with E-state index in [0.717, 1.165) is 19.6 Å². The van der Waals surface area contributed by atoms with Crippen molar-refractivity contribution < 1.29 is 9.18 Å². The zero-order valence-corrected chi connectivity index (χ0v) is 10.4. The van der Waals surface area contributed by atoms with Gasteiger partial charge in [-0.05, 0) is 19.1 Å². The van der Waals surface area contributed by atoms with E-state index in [9.17, 15) is 9.18 Å². The average Bonchev–Trinajstić information content (AvgIpc) is 2.35. The molecule has 0 aliphatic carbocycles. The van der Waals surface area contributed by atoms with Gasteiger partial charge in [-0.15, -0.1) is 0 Å². The molecule has 4 nitrogen and oxygen atoms in total. The molecule has 1 saturated heterocycles. The van der Waals surface area contributed by atoms with Crippen LogP contribution in [-0.2, 0) is 4.79 Å². The highest BCUT2D eigenvalue weighted by atomic mass is 19.1. The van der Waals surface area contributed by atoms with Crippen molar-refractivity contribution >= 4 is 11.6 Å². The molecular weight excluding hydrogens is 233 g/mol. The van der Waals surface area contributed by atoms with Gasteiger partial charge in [0.1, 0.15) is 5.82 Å². The van der Waals surface area contributed by atoms with Crippen LogP contribution in [0.3, 0.4) is 0 Å². The van der Waals surface area contributed by atoms with Gasteiger partial charge in [-0.2, -0.15) is 0 Å². The number of para-hydroxylation sites is 1. The van der Waals surface area contributed by atoms with Crippen LogP contribution in [0.25, 0.3) is 0 Å². The Kier molecular flexibility index (Phi) is 4.28. The average molecular weight is 251 g/mol. The molecule has 0 radical (unpaired) electrons. The van der Waals surface area contributed by atoms with E-state index in [0.29, 0.717) is 12.6 Å². The molecule has 0 saturated carbocycles. The van der Waals surface area contributed by atoms with Crippen molar-refractivity contribution in [1.29, 1.82) is 0 Å². The lowest BCUT2D eigenvalue weighted by atomic mass is 10.2. The van der Waals surface area contributed by atoms with E-state index in [1.165, 1.54) is 6.07 Å². The minimum Gasteiger partial charge on any atom is -0.322 e. The zero-order chi connectivity index (χ0) is 13.0. The summed E-state index contributed by atoms with van der Waals surface area (Å²) in [6.07, 6.45) is 0. The molecule has 1 heterocycles. The fourth-order valence-corrected chi connectivity index (χ4v) is 2.05. The molecule has 1 amide bonds. The van der Waals surface area contributed by atoms with E-state index in [1.807, 2.05) is 0 Å². The third kappa shape index (κ3) is 3.27. The summed E-state index contributed by atoms with van der Waals surface area (Å²) in [5.74, 6) is -0.576. The fraction of sp³-hybridized carbons (Fsp3) is 0.462. The number of benzene rings is 1. The third-order valence-corrected chi connectivity index (χ3v) is 3.13. The molecule has 2 N–H and O–H groups in total. The first-order valence-corrected chi connectivity index (χ1v) is 6.16. The highest BCUT2D eigenvalue weighted by Gasteiger charge is 2.20. The standard InChI is InChI=1S/C13H18FN3O/c1-10-8-15-6-7-17(10)9-13(18)16-12-5-3-2-4-11(12)14/h2-5,10,15H,6-9H2,1H3,(H,16,18)/t10-/m1/s1. The molecule has 1 aromatic rings. The molecule has 1 fully saturated rings. The third-order valence-electron chi connectivity index (χ3n) is 3.13. The lowest BCUT2D eigenvalue weighted by Gasteiger charge is -2.33. The second-order valence-electron chi connectivity index (χ2n) is 4.55. The van der Waals surface area contributed by atoms with Crippen molar-refractivity contribution in [2.24, 2.45) is 0 Å². The number of anilines is 1. The molecule has 18 heavy (non-hydrogen) atoms. The molecule has 5 heteroatoms. The van der Waals surface area contributed by atoms with Gasteiger partial charge in [0, 0.05) is 25.7 Å². The van der Waals surface area contributed by atoms with E-state index in [-0.39, 0.29) is 11.6 Å². The second kappa shape index (κ2) is 5.93. The largest absolute Gasteiger partial charge is 0.322 e. The molecular formula is C13H18FN3O. The Morgan fingerprint density at radius 1 is 1.56 bits per heavy atom. The highest BCUT2D eigenvalue weighted by molar-refractivity contribution is 5.92. The molecule has 2 rings (SSSR count). The van der Waals surface area contributed by atoms with Gasteiger partial charge in [0.15, 0.2) is 0 Å². The molecule has 0 unspecified atom stereocenters. The maximum Gasteiger partial charge on any atom is 0.238 e. The van der Waals surface area contributed by atoms with Crippen molar-refractivity contribution in [3.05, 3.63) is 30.1 Å². The fourth-order valence-electron chi connectivity index (χ4n) is 2.05. The van der Waals surface area contributed by atoms with Crippen molar-refractivity contribution in [3.63, 3.8) is 0 Å². The summed E-state index contributed by atoms with van der Waals surface area (Å²) in [5, 5.41) is 5.87. The van der Waals surface area contributed by atoms with Gasteiger partial charge >= 0.3 is 0 Å². The van der Waals surface area contributed by atoms with E-state index in [1.54, 1.807) is 18.2 Å². The minimum atomic E-state index is -0.404. The summed E-state index contributed by atoms with van der Waals surface area (Å²) in [6, 6.07) is 6.53. The lowest BCUT2D eigenvalue weighted by molar-refractivity contribution is -0.118. The number of nitrogens with zero attached hydrogens (tertiary/aromatic N) is 1. The summed E-state index contributed by atoms with van der Waals surface area (Å²) >= 11 is 0. The molecule has 0 bridgehead atoms. The summed E-state index contributed by atoms with van der Waals surface area (Å²) in [5.41, 5.74) is 0.241. The summed E-state index contributed by atoms with van der Waals surface area (Å²) in [6.45, 7) is 4.98. The second-order valence-corrected chi connectivity index (χ2v) is 4.55. The Balaban J connectivity index is 1.90. The molecule has 0 aromatic heterocycles. The van der Waals surface area contributed by atoms with Crippen LogP contribution in [0.5, 0.6) is 0 Å². The van der Waals surface area contributed by atoms with Crippen LogP contribution in [0.2, 0.25) is 0 Å². The molecule has 1 aliphatic heterocycles. The van der Waals surface area contributed by atoms with Gasteiger partial charge in [-0.25, -0.2) is 4.39 Å². The van der Waals surface area contributed by atoms with Crippen LogP contribution in [0.4, 0.5) is 10.1 Å². The lowest BCUT2D eigenvalue weighted by Crippen LogP contribution is -2.52. The van der Waals surface area contributed by atoms with Crippen molar-refractivity contribution in [3.8, 4) is 0 Å². The Hall–Kier alpha value is -1.46. The van der Waals surface area contributed by atoms with E-state index < -0.39 is 5.82 Å². The maximum atomic E-state index is 13.4. The maximum absolute atomic E-state index is 13.4. The Bertz CT molecular complexity index is 424. The molecule has 98 valence electrons. The van der Waals surface area contributed by atoms with E-state index in [2.05, 4.69) is 22.5 Å². The van der Waals surface area contributed by atoms with Crippen LogP contribution < -0.4 is 10.6 Å². The van der Waals surface area contributed by atoms with Crippen LogP contribution in [0.1, 0.15) is 6.92 Å². The SMILES string of the molecule is C[C@@H]1CNCCN1CC(=O)Nc1ccccc1F. The summed E-state index contributed by atoms with van der Waals surface area (Å²) in [7, 11) is 0. The predicted octanol–water partition coefficient (Wildman–Crippen LogP) is 1.06. The number of hydrogen-bond acceptors (Lipinski definition) is 3. The van der Waals surface area contributed by atoms with Gasteiger partial charge in [-0.3, -0.25) is 9.69 Å². The number of halogens is 1. The van der Waals surface area contributed by atoms with Gasteiger partial charge in [-0.1, -0.05) is 12.1 Å². The Morgan fingerprint density at radius 2 is 2.33 bits per heavy atom. The number of piperazine rings is 1. The minimum absolute atomic E-state index is 0.172. The number of carbonyl (C=O) groups excluding carboxylic acids is 1.